The van der Waals surface area contributed by atoms with Crippen molar-refractivity contribution in [1.82, 2.24) is 5.09 Å². The van der Waals surface area contributed by atoms with E-state index < -0.39 is 80.5 Å². The van der Waals surface area contributed by atoms with E-state index in [1.807, 2.05) is 0 Å². The zero-order valence-electron chi connectivity index (χ0n) is 23.7. The summed E-state index contributed by atoms with van der Waals surface area (Å²) in [5.74, 6) is -37.9. The zero-order chi connectivity index (χ0) is 36.0. The summed E-state index contributed by atoms with van der Waals surface area (Å²) in [7, 11) is 0. The Labute approximate surface area is 264 Å². The van der Waals surface area contributed by atoms with Crippen LogP contribution in [0, 0.1) is 0 Å². The maximum atomic E-state index is 13.9. The topological polar surface area (TPSA) is 64.6 Å². The molecule has 5 nitrogen and oxygen atoms in total. The van der Waals surface area contributed by atoms with Crippen molar-refractivity contribution in [2.24, 2.45) is 0 Å². The van der Waals surface area contributed by atoms with Crippen molar-refractivity contribution in [3.05, 3.63) is 66.2 Å². The molecule has 0 fully saturated rings. The van der Waals surface area contributed by atoms with Gasteiger partial charge >= 0.3 is 48.6 Å². The summed E-state index contributed by atoms with van der Waals surface area (Å²) in [6.45, 7) is -4.64. The molecule has 0 aliphatic heterocycles. The van der Waals surface area contributed by atoms with Crippen molar-refractivity contribution in [2.75, 3.05) is 6.61 Å². The van der Waals surface area contributed by atoms with E-state index in [-0.39, 0.29) is 25.0 Å². The number of esters is 1. The predicted molar refractivity (Wildman–Crippen MR) is 142 cm³/mol. The molecule has 0 aromatic heterocycles. The fraction of sp³-hybridized carbons (Fsp3) is 0.519. The van der Waals surface area contributed by atoms with Gasteiger partial charge in [-0.2, -0.15) is 57.1 Å². The van der Waals surface area contributed by atoms with Gasteiger partial charge in [0, 0.05) is 17.7 Å². The Morgan fingerprint density at radius 3 is 1.72 bits per heavy atom. The summed E-state index contributed by atoms with van der Waals surface area (Å²) in [6, 6.07) is 14.5. The molecule has 20 heteroatoms. The van der Waals surface area contributed by atoms with Crippen molar-refractivity contribution in [2.45, 2.75) is 80.4 Å². The molecular formula is C27H26ClF13NO4P. The number of ether oxygens (including phenoxy) is 1. The Hall–Kier alpha value is -2.72. The number of benzene rings is 2. The molecular weight excluding hydrogens is 716 g/mol. The monoisotopic (exact) mass is 741 g/mol. The Bertz CT molecular complexity index is 1350. The van der Waals surface area contributed by atoms with Crippen LogP contribution in [0.4, 0.5) is 57.1 Å². The van der Waals surface area contributed by atoms with Gasteiger partial charge in [0.2, 0.25) is 0 Å². The molecule has 2 aromatic rings. The van der Waals surface area contributed by atoms with Gasteiger partial charge in [-0.3, -0.25) is 4.79 Å². The van der Waals surface area contributed by atoms with E-state index >= 15 is 0 Å². The molecule has 0 saturated heterocycles. The number of rotatable bonds is 18. The standard InChI is InChI=1S/C27H26ClF13NO4P/c28-47(44,46-19-13-7-4-8-14-19)42-20(17-18-11-5-3-6-12-18)21(43)45-16-10-2-1-9-15-22(29,30)23(31,32)24(33,34)25(35,36)26(37,38)27(39,40)41/h3-8,11-14,20H,1-2,9-10,15-17H2,(H,42,44)/t20-,47?/m0/s1. The third-order valence-electron chi connectivity index (χ3n) is 6.47. The number of para-hydroxylation sites is 1. The van der Waals surface area contributed by atoms with Crippen LogP contribution in [-0.4, -0.2) is 54.4 Å². The second-order valence-electron chi connectivity index (χ2n) is 10.1. The molecule has 2 aromatic carbocycles. The molecule has 2 rings (SSSR count). The van der Waals surface area contributed by atoms with E-state index in [4.69, 9.17) is 20.5 Å². The number of unbranched alkanes of at least 4 members (excludes halogenated alkanes) is 3. The van der Waals surface area contributed by atoms with E-state index in [2.05, 4.69) is 5.09 Å². The minimum Gasteiger partial charge on any atom is -0.465 e. The number of alkyl halides is 13. The quantitative estimate of drug-likeness (QED) is 0.0714. The first-order chi connectivity index (χ1) is 21.4. The van der Waals surface area contributed by atoms with Crippen molar-refractivity contribution in [3.8, 4) is 5.75 Å². The summed E-state index contributed by atoms with van der Waals surface area (Å²) in [4.78, 5) is 12.8. The van der Waals surface area contributed by atoms with Gasteiger partial charge in [0.25, 0.3) is 0 Å². The predicted octanol–water partition coefficient (Wildman–Crippen LogP) is 9.85. The van der Waals surface area contributed by atoms with E-state index in [1.54, 1.807) is 48.5 Å². The summed E-state index contributed by atoms with van der Waals surface area (Å²) in [5.41, 5.74) is 0.571. The van der Waals surface area contributed by atoms with Crippen LogP contribution in [0.15, 0.2) is 60.7 Å². The fourth-order valence-corrected chi connectivity index (χ4v) is 5.50. The molecule has 0 heterocycles. The van der Waals surface area contributed by atoms with Gasteiger partial charge in [-0.15, -0.1) is 0 Å². The number of nitrogens with one attached hydrogen (secondary N) is 1. The lowest BCUT2D eigenvalue weighted by atomic mass is 9.91. The summed E-state index contributed by atoms with van der Waals surface area (Å²) < 4.78 is 195. The summed E-state index contributed by atoms with van der Waals surface area (Å²) in [6.07, 6.45) is -11.8. The molecule has 1 unspecified atom stereocenters. The second-order valence-corrected chi connectivity index (χ2v) is 12.8. The van der Waals surface area contributed by atoms with Crippen LogP contribution >= 0.6 is 18.1 Å². The summed E-state index contributed by atoms with van der Waals surface area (Å²) in [5, 5.41) is 2.37. The highest BCUT2D eigenvalue weighted by Gasteiger charge is 2.90. The van der Waals surface area contributed by atoms with Crippen molar-refractivity contribution < 1.29 is 75.7 Å². The third-order valence-corrected chi connectivity index (χ3v) is 8.04. The third kappa shape index (κ3) is 9.68. The number of carbonyl (C=O) groups excluding carboxylic acids is 1. The van der Waals surface area contributed by atoms with Gasteiger partial charge in [0.1, 0.15) is 11.8 Å². The average molecular weight is 742 g/mol. The van der Waals surface area contributed by atoms with Crippen molar-refractivity contribution in [1.29, 1.82) is 0 Å². The number of hydrogen-bond acceptors (Lipinski definition) is 4. The van der Waals surface area contributed by atoms with E-state index in [9.17, 15) is 66.4 Å². The smallest absolute Gasteiger partial charge is 0.460 e. The van der Waals surface area contributed by atoms with Crippen molar-refractivity contribution in [3.63, 3.8) is 0 Å². The Balaban J connectivity index is 1.95. The lowest BCUT2D eigenvalue weighted by molar-refractivity contribution is -0.440. The molecule has 47 heavy (non-hydrogen) atoms. The largest absolute Gasteiger partial charge is 0.465 e. The van der Waals surface area contributed by atoms with Crippen LogP contribution in [-0.2, 0) is 20.5 Å². The summed E-state index contributed by atoms with van der Waals surface area (Å²) >= 11 is 5.98. The van der Waals surface area contributed by atoms with Gasteiger partial charge in [-0.05, 0) is 37.0 Å². The number of carbonyl (C=O) groups is 1. The first-order valence-corrected chi connectivity index (χ1v) is 15.9. The second kappa shape index (κ2) is 15.2. The molecule has 0 saturated carbocycles. The van der Waals surface area contributed by atoms with Crippen molar-refractivity contribution >= 4 is 24.1 Å². The van der Waals surface area contributed by atoms with Crippen LogP contribution < -0.4 is 9.61 Å². The molecule has 0 aliphatic rings. The SMILES string of the molecule is O=C(OCCCCCCC(F)(F)C(F)(F)C(F)(F)C(F)(F)C(F)(F)C(F)(F)F)[C@H](Cc1ccccc1)NP(=O)(Cl)Oc1ccccc1. The molecule has 0 aliphatic carbocycles. The highest BCUT2D eigenvalue weighted by atomic mass is 35.7. The Morgan fingerprint density at radius 1 is 0.702 bits per heavy atom. The van der Waals surface area contributed by atoms with Gasteiger partial charge in [0.05, 0.1) is 6.61 Å². The van der Waals surface area contributed by atoms with Crippen LogP contribution in [0.1, 0.15) is 37.7 Å². The fourth-order valence-electron chi connectivity index (χ4n) is 3.90. The molecule has 0 spiro atoms. The zero-order valence-corrected chi connectivity index (χ0v) is 25.3. The normalized spacial score (nSPS) is 15.5. The van der Waals surface area contributed by atoms with Gasteiger partial charge < -0.3 is 9.26 Å². The first kappa shape index (κ1) is 40.5. The lowest BCUT2D eigenvalue weighted by Gasteiger charge is -2.39. The Kier molecular flexibility index (Phi) is 13.1. The average Bonchev–Trinajstić information content (AvgIpc) is 2.95. The minimum atomic E-state index is -7.94. The van der Waals surface area contributed by atoms with Crippen LogP contribution in [0.5, 0.6) is 5.75 Å². The highest BCUT2D eigenvalue weighted by Crippen LogP contribution is 2.60. The van der Waals surface area contributed by atoms with Gasteiger partial charge in [-0.25, -0.2) is 9.65 Å². The highest BCUT2D eigenvalue weighted by molar-refractivity contribution is 7.84. The molecule has 0 radical (unpaired) electrons. The lowest BCUT2D eigenvalue weighted by Crippen LogP contribution is -2.70. The number of halogens is 14. The van der Waals surface area contributed by atoms with E-state index in [0.717, 1.165) is 0 Å². The van der Waals surface area contributed by atoms with Gasteiger partial charge in [0.15, 0.2) is 0 Å². The van der Waals surface area contributed by atoms with Crippen LogP contribution in [0.25, 0.3) is 0 Å². The number of hydrogen-bond donors (Lipinski definition) is 1. The maximum absolute atomic E-state index is 13.9. The van der Waals surface area contributed by atoms with E-state index in [1.165, 1.54) is 12.1 Å². The maximum Gasteiger partial charge on any atom is 0.460 e. The molecule has 1 N–H and O–H groups in total. The molecule has 0 bridgehead atoms. The van der Waals surface area contributed by atoms with E-state index in [0.29, 0.717) is 5.56 Å². The van der Waals surface area contributed by atoms with Crippen LogP contribution in [0.2, 0.25) is 0 Å². The molecule has 0 amide bonds. The molecule has 2 atom stereocenters. The van der Waals surface area contributed by atoms with Crippen LogP contribution in [0.3, 0.4) is 0 Å². The first-order valence-electron chi connectivity index (χ1n) is 13.4. The Morgan fingerprint density at radius 2 is 1.19 bits per heavy atom. The molecule has 266 valence electrons. The minimum absolute atomic E-state index is 0.101. The van der Waals surface area contributed by atoms with Gasteiger partial charge in [-0.1, -0.05) is 61.4 Å².